The molecule has 3 N–H and O–H groups in total. The Balaban J connectivity index is 2.91. The molecule has 1 amide bonds. The van der Waals surface area contributed by atoms with Gasteiger partial charge in [0.1, 0.15) is 5.69 Å². The molecule has 0 saturated heterocycles. The molecule has 13 heavy (non-hydrogen) atoms. The Morgan fingerprint density at radius 1 is 1.69 bits per heavy atom. The molecule has 0 aromatic carbocycles. The number of carboxylic acid groups (broad SMARTS) is 1. The average Bonchev–Trinajstić information content (AvgIpc) is 2.50. The molecule has 1 aromatic heterocycles. The number of carboxylic acids is 1. The number of carbonyl (C=O) groups is 2. The van der Waals surface area contributed by atoms with Gasteiger partial charge in [-0.3, -0.25) is 4.79 Å². The summed E-state index contributed by atoms with van der Waals surface area (Å²) in [6.45, 7) is 0. The fourth-order valence-corrected chi connectivity index (χ4v) is 0.709. The van der Waals surface area contributed by atoms with E-state index >= 15 is 0 Å². The Bertz CT molecular complexity index is 349. The first-order valence-corrected chi connectivity index (χ1v) is 3.24. The number of aliphatic carboxylic acids is 1. The van der Waals surface area contributed by atoms with E-state index in [4.69, 9.17) is 10.8 Å². The molecule has 0 spiro atoms. The van der Waals surface area contributed by atoms with E-state index in [1.165, 1.54) is 0 Å². The summed E-state index contributed by atoms with van der Waals surface area (Å²) < 4.78 is 13.2. The number of nitrogens with zero attached hydrogens (tertiary/aromatic N) is 2. The summed E-state index contributed by atoms with van der Waals surface area (Å²) in [4.78, 5) is 20.6. The van der Waals surface area contributed by atoms with Crippen LogP contribution in [0.2, 0.25) is 0 Å². The van der Waals surface area contributed by atoms with Crippen LogP contribution in [0.1, 0.15) is 16.8 Å². The maximum absolute atomic E-state index is 12.7. The van der Waals surface area contributed by atoms with Crippen LogP contribution < -0.4 is 5.73 Å². The van der Waals surface area contributed by atoms with Crippen LogP contribution in [0.4, 0.5) is 4.39 Å². The Hall–Kier alpha value is -1.92. The second-order valence-electron chi connectivity index (χ2n) is 2.22. The first kappa shape index (κ1) is 9.17. The standard InChI is InChI=1S/C6H6FN3O3/c7-4(6(12)13)10-2-1-3(9-10)5(8)11/h1-2,4H,(H2,8,11)(H,12,13). The van der Waals surface area contributed by atoms with Gasteiger partial charge in [-0.25, -0.2) is 13.9 Å². The second-order valence-corrected chi connectivity index (χ2v) is 2.22. The van der Waals surface area contributed by atoms with E-state index in [0.717, 1.165) is 12.3 Å². The van der Waals surface area contributed by atoms with Crippen molar-refractivity contribution in [3.05, 3.63) is 18.0 Å². The van der Waals surface area contributed by atoms with Crippen LogP contribution in [0.25, 0.3) is 0 Å². The van der Waals surface area contributed by atoms with Gasteiger partial charge in [-0.2, -0.15) is 5.10 Å². The predicted octanol–water partition coefficient (Wildman–Crippen LogP) is -0.465. The summed E-state index contributed by atoms with van der Waals surface area (Å²) >= 11 is 0. The maximum atomic E-state index is 12.7. The molecule has 6 nitrogen and oxygen atoms in total. The molecule has 0 aliphatic heterocycles. The van der Waals surface area contributed by atoms with Gasteiger partial charge in [0.15, 0.2) is 0 Å². The van der Waals surface area contributed by atoms with Crippen molar-refractivity contribution in [1.82, 2.24) is 9.78 Å². The van der Waals surface area contributed by atoms with Crippen molar-refractivity contribution in [3.8, 4) is 0 Å². The Morgan fingerprint density at radius 2 is 2.31 bits per heavy atom. The van der Waals surface area contributed by atoms with E-state index in [1.54, 1.807) is 0 Å². The third-order valence-electron chi connectivity index (χ3n) is 1.30. The molecule has 1 aromatic rings. The van der Waals surface area contributed by atoms with Gasteiger partial charge in [0, 0.05) is 6.20 Å². The highest BCUT2D eigenvalue weighted by atomic mass is 19.1. The van der Waals surface area contributed by atoms with Crippen molar-refractivity contribution in [3.63, 3.8) is 0 Å². The number of hydrogen-bond donors (Lipinski definition) is 2. The van der Waals surface area contributed by atoms with Gasteiger partial charge in [0.2, 0.25) is 0 Å². The summed E-state index contributed by atoms with van der Waals surface area (Å²) in [6, 6.07) is 1.14. The van der Waals surface area contributed by atoms with E-state index in [-0.39, 0.29) is 5.69 Å². The maximum Gasteiger partial charge on any atom is 0.361 e. The van der Waals surface area contributed by atoms with E-state index in [2.05, 4.69) is 5.10 Å². The third kappa shape index (κ3) is 1.81. The lowest BCUT2D eigenvalue weighted by molar-refractivity contribution is -0.146. The summed E-state index contributed by atoms with van der Waals surface area (Å²) in [6.07, 6.45) is -1.27. The van der Waals surface area contributed by atoms with Crippen LogP contribution in [-0.2, 0) is 4.79 Å². The topological polar surface area (TPSA) is 98.2 Å². The SMILES string of the molecule is NC(=O)c1ccn(C(F)C(=O)O)n1. The molecular weight excluding hydrogens is 181 g/mol. The van der Waals surface area contributed by atoms with Crippen molar-refractivity contribution in [2.24, 2.45) is 5.73 Å². The van der Waals surface area contributed by atoms with Gasteiger partial charge in [-0.15, -0.1) is 0 Å². The van der Waals surface area contributed by atoms with Gasteiger partial charge < -0.3 is 10.8 Å². The van der Waals surface area contributed by atoms with Crippen LogP contribution in [0.5, 0.6) is 0 Å². The first-order valence-electron chi connectivity index (χ1n) is 3.24. The minimum absolute atomic E-state index is 0.177. The fourth-order valence-electron chi connectivity index (χ4n) is 0.709. The highest BCUT2D eigenvalue weighted by Crippen LogP contribution is 2.07. The first-order chi connectivity index (χ1) is 6.02. The molecular formula is C6H6FN3O3. The van der Waals surface area contributed by atoms with Crippen LogP contribution in [0.3, 0.4) is 0 Å². The number of alkyl halides is 1. The van der Waals surface area contributed by atoms with Gasteiger partial charge in [0.25, 0.3) is 12.2 Å². The summed E-state index contributed by atoms with van der Waals surface area (Å²) in [5, 5.41) is 11.5. The minimum Gasteiger partial charge on any atom is -0.478 e. The number of nitrogens with two attached hydrogens (primary N) is 1. The van der Waals surface area contributed by atoms with E-state index in [0.29, 0.717) is 4.68 Å². The molecule has 1 atom stereocenters. The summed E-state index contributed by atoms with van der Waals surface area (Å²) in [5.41, 5.74) is 4.64. The van der Waals surface area contributed by atoms with Crippen LogP contribution >= 0.6 is 0 Å². The van der Waals surface area contributed by atoms with Gasteiger partial charge in [-0.1, -0.05) is 0 Å². The number of hydrogen-bond acceptors (Lipinski definition) is 3. The summed E-state index contributed by atoms with van der Waals surface area (Å²) in [7, 11) is 0. The molecule has 1 heterocycles. The predicted molar refractivity (Wildman–Crippen MR) is 38.5 cm³/mol. The number of aromatic nitrogens is 2. The molecule has 0 aliphatic carbocycles. The minimum atomic E-state index is -2.30. The lowest BCUT2D eigenvalue weighted by Gasteiger charge is -2.00. The van der Waals surface area contributed by atoms with Crippen molar-refractivity contribution in [2.45, 2.75) is 6.30 Å². The zero-order valence-electron chi connectivity index (χ0n) is 6.35. The van der Waals surface area contributed by atoms with Gasteiger partial charge >= 0.3 is 5.97 Å². The van der Waals surface area contributed by atoms with Crippen LogP contribution in [0, 0.1) is 0 Å². The molecule has 70 valence electrons. The molecule has 0 bridgehead atoms. The number of amides is 1. The number of halogens is 1. The largest absolute Gasteiger partial charge is 0.478 e. The molecule has 0 aliphatic rings. The molecule has 0 radical (unpaired) electrons. The number of primary amides is 1. The van der Waals surface area contributed by atoms with E-state index in [1.807, 2.05) is 0 Å². The molecule has 0 fully saturated rings. The lowest BCUT2D eigenvalue weighted by Crippen LogP contribution is -2.17. The monoisotopic (exact) mass is 187 g/mol. The van der Waals surface area contributed by atoms with Gasteiger partial charge in [0.05, 0.1) is 0 Å². The smallest absolute Gasteiger partial charge is 0.361 e. The number of rotatable bonds is 3. The molecule has 0 saturated carbocycles. The highest BCUT2D eigenvalue weighted by Gasteiger charge is 2.19. The average molecular weight is 187 g/mol. The zero-order valence-corrected chi connectivity index (χ0v) is 6.35. The Kier molecular flexibility index (Phi) is 2.27. The normalized spacial score (nSPS) is 12.4. The molecule has 1 rings (SSSR count). The van der Waals surface area contributed by atoms with Crippen molar-refractivity contribution in [2.75, 3.05) is 0 Å². The molecule has 7 heteroatoms. The summed E-state index contributed by atoms with van der Waals surface area (Å²) in [5.74, 6) is -2.52. The zero-order chi connectivity index (χ0) is 10.0. The van der Waals surface area contributed by atoms with Crippen molar-refractivity contribution >= 4 is 11.9 Å². The van der Waals surface area contributed by atoms with Crippen LogP contribution in [-0.4, -0.2) is 26.8 Å². The van der Waals surface area contributed by atoms with Gasteiger partial charge in [-0.05, 0) is 6.07 Å². The molecule has 1 unspecified atom stereocenters. The van der Waals surface area contributed by atoms with E-state index < -0.39 is 18.2 Å². The Labute approximate surface area is 71.8 Å². The third-order valence-corrected chi connectivity index (χ3v) is 1.30. The highest BCUT2D eigenvalue weighted by molar-refractivity contribution is 5.90. The lowest BCUT2D eigenvalue weighted by atomic mass is 10.4. The van der Waals surface area contributed by atoms with Crippen molar-refractivity contribution < 1.29 is 19.1 Å². The Morgan fingerprint density at radius 3 is 2.69 bits per heavy atom. The van der Waals surface area contributed by atoms with E-state index in [9.17, 15) is 14.0 Å². The quantitative estimate of drug-likeness (QED) is 0.668. The van der Waals surface area contributed by atoms with Crippen LogP contribution in [0.15, 0.2) is 12.3 Å². The fraction of sp³-hybridized carbons (Fsp3) is 0.167. The second kappa shape index (κ2) is 3.21. The number of carbonyl (C=O) groups excluding carboxylic acids is 1. The van der Waals surface area contributed by atoms with Crippen molar-refractivity contribution in [1.29, 1.82) is 0 Å².